The molecule has 5 nitrogen and oxygen atoms in total. The van der Waals surface area contributed by atoms with E-state index in [0.29, 0.717) is 13.2 Å². The van der Waals surface area contributed by atoms with E-state index in [1.54, 1.807) is 7.11 Å². The smallest absolute Gasteiger partial charge is 0.161 e. The number of nitrogens with two attached hydrogens (primary N) is 1. The second-order valence-electron chi connectivity index (χ2n) is 6.72. The molecule has 1 atom stereocenters. The highest BCUT2D eigenvalue weighted by atomic mass is 35.5. The Balaban J connectivity index is 0.00000280. The topological polar surface area (TPSA) is 66.1 Å². The normalized spacial score (nSPS) is 15.4. The van der Waals surface area contributed by atoms with Crippen LogP contribution in [0, 0.1) is 0 Å². The lowest BCUT2D eigenvalue weighted by Crippen LogP contribution is -2.20. The van der Waals surface area contributed by atoms with Crippen LogP contribution in [0.15, 0.2) is 53.7 Å². The Morgan fingerprint density at radius 2 is 1.89 bits per heavy atom. The lowest BCUT2D eigenvalue weighted by molar-refractivity contribution is 0.0918. The van der Waals surface area contributed by atoms with E-state index in [1.165, 1.54) is 12.0 Å². The van der Waals surface area contributed by atoms with Gasteiger partial charge in [0, 0.05) is 18.5 Å². The Hall–Kier alpha value is -2.24. The Morgan fingerprint density at radius 1 is 1.07 bits per heavy atom. The fourth-order valence-electron chi connectivity index (χ4n) is 3.13. The van der Waals surface area contributed by atoms with Crippen molar-refractivity contribution in [1.29, 1.82) is 0 Å². The van der Waals surface area contributed by atoms with Gasteiger partial charge in [0.15, 0.2) is 11.5 Å². The van der Waals surface area contributed by atoms with Crippen LogP contribution in [0.4, 0.5) is 0 Å². The van der Waals surface area contributed by atoms with Gasteiger partial charge in [-0.3, -0.25) is 0 Å². The van der Waals surface area contributed by atoms with Crippen molar-refractivity contribution < 1.29 is 14.3 Å². The zero-order valence-corrected chi connectivity index (χ0v) is 17.1. The summed E-state index contributed by atoms with van der Waals surface area (Å²) in [7, 11) is 1.66. The molecule has 1 unspecified atom stereocenters. The van der Waals surface area contributed by atoms with Gasteiger partial charge in [-0.1, -0.05) is 35.5 Å². The molecule has 2 N–H and O–H groups in total. The molecule has 1 aliphatic heterocycles. The van der Waals surface area contributed by atoms with E-state index in [2.05, 4.69) is 35.5 Å². The predicted molar refractivity (Wildman–Crippen MR) is 115 cm³/mol. The molecule has 1 heterocycles. The van der Waals surface area contributed by atoms with Gasteiger partial charge in [-0.05, 0) is 49.4 Å². The van der Waals surface area contributed by atoms with E-state index in [1.807, 2.05) is 18.2 Å². The molecule has 0 bridgehead atoms. The van der Waals surface area contributed by atoms with Crippen LogP contribution in [-0.2, 0) is 11.3 Å². The molecule has 0 spiro atoms. The number of hydrogen-bond donors (Lipinski definition) is 1. The summed E-state index contributed by atoms with van der Waals surface area (Å²) >= 11 is 0. The highest BCUT2D eigenvalue weighted by Gasteiger charge is 2.21. The third-order valence-electron chi connectivity index (χ3n) is 4.70. The van der Waals surface area contributed by atoms with Crippen LogP contribution in [0.3, 0.4) is 0 Å². The van der Waals surface area contributed by atoms with Gasteiger partial charge < -0.3 is 20.0 Å². The van der Waals surface area contributed by atoms with Crippen LogP contribution in [0.25, 0.3) is 0 Å². The predicted octanol–water partition coefficient (Wildman–Crippen LogP) is 4.36. The van der Waals surface area contributed by atoms with Crippen molar-refractivity contribution in [2.45, 2.75) is 38.2 Å². The van der Waals surface area contributed by atoms with Gasteiger partial charge in [0.05, 0.1) is 19.4 Å². The van der Waals surface area contributed by atoms with E-state index in [4.69, 9.17) is 20.0 Å². The molecule has 2 aromatic carbocycles. The molecule has 3 rings (SSSR count). The Morgan fingerprint density at radius 3 is 2.61 bits per heavy atom. The summed E-state index contributed by atoms with van der Waals surface area (Å²) in [6.45, 7) is 1.14. The molecular formula is C22H29ClN2O3. The molecule has 0 amide bonds. The van der Waals surface area contributed by atoms with Crippen molar-refractivity contribution >= 4 is 18.1 Å². The minimum absolute atomic E-state index is 0. The highest BCUT2D eigenvalue weighted by Crippen LogP contribution is 2.30. The van der Waals surface area contributed by atoms with Gasteiger partial charge >= 0.3 is 0 Å². The molecule has 0 saturated heterocycles. The fourth-order valence-corrected chi connectivity index (χ4v) is 3.13. The maximum atomic E-state index is 5.99. The summed E-state index contributed by atoms with van der Waals surface area (Å²) < 4.78 is 11.4. The number of ether oxygens (including phenoxy) is 2. The first-order valence-corrected chi connectivity index (χ1v) is 9.58. The van der Waals surface area contributed by atoms with Gasteiger partial charge in [0.1, 0.15) is 6.10 Å². The Bertz CT molecular complexity index is 753. The van der Waals surface area contributed by atoms with Crippen molar-refractivity contribution in [3.8, 4) is 11.5 Å². The molecule has 1 aliphatic rings. The highest BCUT2D eigenvalue weighted by molar-refractivity contribution is 6.01. The quantitative estimate of drug-likeness (QED) is 0.597. The minimum Gasteiger partial charge on any atom is -0.493 e. The molecule has 0 saturated carbocycles. The number of unbranched alkanes of at least 4 members (excludes halogenated alkanes) is 2. The number of aryl methyl sites for hydroxylation is 1. The van der Waals surface area contributed by atoms with Crippen molar-refractivity contribution in [3.05, 3.63) is 59.7 Å². The molecule has 0 aromatic heterocycles. The van der Waals surface area contributed by atoms with Crippen LogP contribution < -0.4 is 15.2 Å². The van der Waals surface area contributed by atoms with E-state index in [9.17, 15) is 0 Å². The molecule has 152 valence electrons. The number of nitrogens with zero attached hydrogens (tertiary/aromatic N) is 1. The first-order valence-electron chi connectivity index (χ1n) is 9.58. The van der Waals surface area contributed by atoms with Gasteiger partial charge in [0.2, 0.25) is 0 Å². The molecule has 2 aromatic rings. The maximum absolute atomic E-state index is 5.99. The van der Waals surface area contributed by atoms with Crippen LogP contribution in [0.5, 0.6) is 11.5 Å². The third-order valence-corrected chi connectivity index (χ3v) is 4.70. The average Bonchev–Trinajstić information content (AvgIpc) is 3.20. The molecule has 0 fully saturated rings. The van der Waals surface area contributed by atoms with Crippen molar-refractivity contribution in [3.63, 3.8) is 0 Å². The fraction of sp³-hybridized carbons (Fsp3) is 0.409. The summed E-state index contributed by atoms with van der Waals surface area (Å²) in [5.74, 6) is 1.48. The van der Waals surface area contributed by atoms with Crippen LogP contribution >= 0.6 is 12.4 Å². The van der Waals surface area contributed by atoms with E-state index < -0.39 is 0 Å². The number of hydrogen-bond acceptors (Lipinski definition) is 5. The summed E-state index contributed by atoms with van der Waals surface area (Å²) in [5.41, 5.74) is 8.94. The number of benzene rings is 2. The number of halogens is 1. The second-order valence-corrected chi connectivity index (χ2v) is 6.72. The van der Waals surface area contributed by atoms with Gasteiger partial charge in [-0.2, -0.15) is 0 Å². The van der Waals surface area contributed by atoms with Gasteiger partial charge in [-0.15, -0.1) is 12.4 Å². The van der Waals surface area contributed by atoms with Crippen molar-refractivity contribution in [2.24, 2.45) is 10.9 Å². The zero-order valence-electron chi connectivity index (χ0n) is 16.3. The minimum atomic E-state index is -0.0314. The summed E-state index contributed by atoms with van der Waals surface area (Å²) in [4.78, 5) is 5.32. The van der Waals surface area contributed by atoms with E-state index in [0.717, 1.165) is 48.5 Å². The first-order chi connectivity index (χ1) is 13.3. The van der Waals surface area contributed by atoms with Crippen LogP contribution in [0.2, 0.25) is 0 Å². The Labute approximate surface area is 173 Å². The largest absolute Gasteiger partial charge is 0.493 e. The maximum Gasteiger partial charge on any atom is 0.161 e. The average molecular weight is 405 g/mol. The molecule has 6 heteroatoms. The van der Waals surface area contributed by atoms with E-state index in [-0.39, 0.29) is 18.5 Å². The molecule has 0 radical (unpaired) electrons. The number of methoxy groups -OCH3 is 1. The first kappa shape index (κ1) is 22.1. The van der Waals surface area contributed by atoms with Crippen molar-refractivity contribution in [2.75, 3.05) is 20.3 Å². The van der Waals surface area contributed by atoms with E-state index >= 15 is 0 Å². The molecule has 0 aliphatic carbocycles. The monoisotopic (exact) mass is 404 g/mol. The third kappa shape index (κ3) is 6.14. The lowest BCUT2D eigenvalue weighted by atomic mass is 10.0. The number of oxime groups is 1. The lowest BCUT2D eigenvalue weighted by Gasteiger charge is -2.12. The zero-order chi connectivity index (χ0) is 18.9. The summed E-state index contributed by atoms with van der Waals surface area (Å²) in [6, 6.07) is 16.5. The van der Waals surface area contributed by atoms with Crippen LogP contribution in [0.1, 0.15) is 36.8 Å². The van der Waals surface area contributed by atoms with Crippen molar-refractivity contribution in [1.82, 2.24) is 0 Å². The Kier molecular flexibility index (Phi) is 9.11. The van der Waals surface area contributed by atoms with Crippen LogP contribution in [-0.4, -0.2) is 32.1 Å². The number of rotatable bonds is 10. The second kappa shape index (κ2) is 11.6. The molecule has 28 heavy (non-hydrogen) atoms. The molecular weight excluding hydrogens is 376 g/mol. The summed E-state index contributed by atoms with van der Waals surface area (Å²) in [6.07, 6.45) is 5.12. The van der Waals surface area contributed by atoms with Gasteiger partial charge in [-0.25, -0.2) is 0 Å². The van der Waals surface area contributed by atoms with Gasteiger partial charge in [0.25, 0.3) is 0 Å². The summed E-state index contributed by atoms with van der Waals surface area (Å²) in [5, 5.41) is 4.14. The SMILES string of the molecule is COc1ccc(C2=NOC(CN)C2)cc1OCCCCCc1ccccc1.Cl. The standard InChI is InChI=1S/C22H28N2O3.ClH/c1-25-21-12-11-18(20-15-19(16-23)27-24-20)14-22(21)26-13-7-3-6-10-17-8-4-2-5-9-17;/h2,4-5,8-9,11-12,14,19H,3,6-7,10,13,15-16,23H2,1H3;1H.